The predicted molar refractivity (Wildman–Crippen MR) is 98.8 cm³/mol. The molecule has 2 N–H and O–H groups in total. The van der Waals surface area contributed by atoms with Gasteiger partial charge in [0.15, 0.2) is 16.5 Å². The summed E-state index contributed by atoms with van der Waals surface area (Å²) < 4.78 is 28.9. The van der Waals surface area contributed by atoms with E-state index in [2.05, 4.69) is 5.32 Å². The highest BCUT2D eigenvalue weighted by molar-refractivity contribution is 7.91. The number of benzene rings is 1. The van der Waals surface area contributed by atoms with Crippen LogP contribution in [0.1, 0.15) is 18.9 Å². The van der Waals surface area contributed by atoms with Crippen LogP contribution in [-0.4, -0.2) is 69.7 Å². The monoisotopic (exact) mass is 396 g/mol. The fourth-order valence-electron chi connectivity index (χ4n) is 3.77. The van der Waals surface area contributed by atoms with E-state index in [0.717, 1.165) is 4.90 Å². The van der Waals surface area contributed by atoms with Crippen LogP contribution in [0.3, 0.4) is 0 Å². The number of sulfone groups is 1. The molecule has 0 aliphatic carbocycles. The highest BCUT2D eigenvalue weighted by atomic mass is 32.2. The fraction of sp³-hybridized carbons (Fsp3) is 0.556. The number of urea groups is 1. The normalized spacial score (nSPS) is 28.4. The number of ether oxygens (including phenoxy) is 1. The molecule has 2 aliphatic heterocycles. The van der Waals surface area contributed by atoms with Crippen LogP contribution in [0.15, 0.2) is 30.3 Å². The molecule has 8 nitrogen and oxygen atoms in total. The molecule has 0 aromatic heterocycles. The van der Waals surface area contributed by atoms with Crippen LogP contribution in [0, 0.1) is 0 Å². The highest BCUT2D eigenvalue weighted by Gasteiger charge is 2.51. The Morgan fingerprint density at radius 3 is 2.59 bits per heavy atom. The molecule has 0 radical (unpaired) electrons. The number of hydrogen-bond acceptors (Lipinski definition) is 5. The number of nitrogens with zero attached hydrogens (tertiary/aromatic N) is 1. The molecule has 27 heavy (non-hydrogen) atoms. The summed E-state index contributed by atoms with van der Waals surface area (Å²) in [7, 11) is -1.49. The molecule has 9 heteroatoms. The van der Waals surface area contributed by atoms with Crippen molar-refractivity contribution in [2.75, 3.05) is 38.4 Å². The molecule has 3 atom stereocenters. The molecule has 3 rings (SSSR count). The smallest absolute Gasteiger partial charge is 0.329 e. The number of imide groups is 1. The minimum Gasteiger partial charge on any atom is -0.379 e. The van der Waals surface area contributed by atoms with E-state index in [-0.39, 0.29) is 30.1 Å². The van der Waals surface area contributed by atoms with Gasteiger partial charge in [0, 0.05) is 13.5 Å². The molecule has 0 spiro atoms. The first-order chi connectivity index (χ1) is 12.8. The van der Waals surface area contributed by atoms with Crippen molar-refractivity contribution < 1.29 is 27.6 Å². The largest absolute Gasteiger partial charge is 0.379 e. The van der Waals surface area contributed by atoms with Crippen molar-refractivity contribution in [2.24, 2.45) is 0 Å². The van der Waals surface area contributed by atoms with Crippen LogP contribution in [-0.2, 0) is 24.9 Å². The third kappa shape index (κ3) is 3.99. The Morgan fingerprint density at radius 2 is 2.00 bits per heavy atom. The van der Waals surface area contributed by atoms with Gasteiger partial charge in [-0.2, -0.15) is 0 Å². The Morgan fingerprint density at radius 1 is 1.30 bits per heavy atom. The Bertz CT molecular complexity index is 814. The van der Waals surface area contributed by atoms with E-state index in [1.807, 2.05) is 18.2 Å². The molecule has 1 aromatic carbocycles. The summed E-state index contributed by atoms with van der Waals surface area (Å²) in [5, 5.41) is 2.79. The average molecular weight is 396 g/mol. The Balaban J connectivity index is 1.79. The summed E-state index contributed by atoms with van der Waals surface area (Å²) in [6.45, 7) is 2.76. The number of rotatable bonds is 7. The topological polar surface area (TPSA) is 97.2 Å². The van der Waals surface area contributed by atoms with E-state index in [1.165, 1.54) is 4.90 Å². The molecule has 2 saturated heterocycles. The summed E-state index contributed by atoms with van der Waals surface area (Å²) in [5.74, 6) is -0.101. The van der Waals surface area contributed by atoms with Gasteiger partial charge in [0.1, 0.15) is 23.9 Å². The van der Waals surface area contributed by atoms with Gasteiger partial charge in [0.2, 0.25) is 0 Å². The number of nitrogens with one attached hydrogen (secondary N) is 2. The van der Waals surface area contributed by atoms with Gasteiger partial charge < -0.3 is 15.0 Å². The van der Waals surface area contributed by atoms with E-state index in [9.17, 15) is 18.0 Å². The van der Waals surface area contributed by atoms with E-state index in [4.69, 9.17) is 4.74 Å². The van der Waals surface area contributed by atoms with Gasteiger partial charge in [-0.05, 0) is 12.5 Å². The lowest BCUT2D eigenvalue weighted by atomic mass is 9.92. The number of amides is 3. The number of quaternary nitrogens is 1. The second-order valence-corrected chi connectivity index (χ2v) is 9.54. The summed E-state index contributed by atoms with van der Waals surface area (Å²) >= 11 is 0. The van der Waals surface area contributed by atoms with Gasteiger partial charge in [0.25, 0.3) is 5.91 Å². The highest BCUT2D eigenvalue weighted by Crippen LogP contribution is 2.28. The minimum absolute atomic E-state index is 0.0750. The van der Waals surface area contributed by atoms with Crippen LogP contribution in [0.25, 0.3) is 0 Å². The van der Waals surface area contributed by atoms with Gasteiger partial charge >= 0.3 is 6.03 Å². The third-order valence-corrected chi connectivity index (χ3v) is 7.19. The fourth-order valence-corrected chi connectivity index (χ4v) is 5.60. The first kappa shape index (κ1) is 19.8. The van der Waals surface area contributed by atoms with Crippen molar-refractivity contribution in [3.63, 3.8) is 0 Å². The maximum absolute atomic E-state index is 13.1. The van der Waals surface area contributed by atoms with Crippen molar-refractivity contribution in [1.82, 2.24) is 10.2 Å². The first-order valence-electron chi connectivity index (χ1n) is 9.00. The predicted octanol–water partition coefficient (Wildman–Crippen LogP) is -0.870. The van der Waals surface area contributed by atoms with Crippen molar-refractivity contribution >= 4 is 21.8 Å². The van der Waals surface area contributed by atoms with E-state index in [0.29, 0.717) is 25.1 Å². The minimum atomic E-state index is -3.06. The lowest BCUT2D eigenvalue weighted by molar-refractivity contribution is -0.929. The van der Waals surface area contributed by atoms with Crippen molar-refractivity contribution in [3.8, 4) is 0 Å². The molecule has 2 aliphatic rings. The molecule has 1 unspecified atom stereocenters. The lowest BCUT2D eigenvalue weighted by Crippen LogP contribution is -3.18. The van der Waals surface area contributed by atoms with Gasteiger partial charge in [0.05, 0.1) is 12.4 Å². The van der Waals surface area contributed by atoms with E-state index in [1.54, 1.807) is 26.2 Å². The molecule has 2 heterocycles. The van der Waals surface area contributed by atoms with Crippen LogP contribution in [0.4, 0.5) is 4.79 Å². The standard InChI is InChI=1S/C18H25N3O5S/c1-18(14-6-4-3-5-7-14)16(22)21(17(23)19-18)13-20(9-10-26-2)15-8-11-27(24,25)12-15/h3-7,15H,8-13H2,1-2H3,(H,19,23)/p+1/t15-,18+/m1/s1. The number of methoxy groups -OCH3 is 1. The van der Waals surface area contributed by atoms with Gasteiger partial charge in [-0.1, -0.05) is 30.3 Å². The Hall–Kier alpha value is -1.97. The molecule has 0 saturated carbocycles. The van der Waals surface area contributed by atoms with Crippen molar-refractivity contribution in [3.05, 3.63) is 35.9 Å². The zero-order chi connectivity index (χ0) is 19.7. The molecular weight excluding hydrogens is 370 g/mol. The maximum Gasteiger partial charge on any atom is 0.329 e. The van der Waals surface area contributed by atoms with Gasteiger partial charge in [-0.25, -0.2) is 18.1 Å². The lowest BCUT2D eigenvalue weighted by Gasteiger charge is -2.28. The summed E-state index contributed by atoms with van der Waals surface area (Å²) in [4.78, 5) is 27.7. The van der Waals surface area contributed by atoms with Crippen LogP contribution in [0.2, 0.25) is 0 Å². The Labute approximate surface area is 159 Å². The van der Waals surface area contributed by atoms with E-state index >= 15 is 0 Å². The SMILES string of the molecule is COCC[NH+](CN1C(=O)N[C@@](C)(c2ccccc2)C1=O)[C@@H]1CCS(=O)(=O)C1. The van der Waals surface area contributed by atoms with Crippen LogP contribution in [0.5, 0.6) is 0 Å². The second-order valence-electron chi connectivity index (χ2n) is 7.31. The summed E-state index contributed by atoms with van der Waals surface area (Å²) in [5.41, 5.74) is -0.403. The van der Waals surface area contributed by atoms with Gasteiger partial charge in [-0.15, -0.1) is 0 Å². The van der Waals surface area contributed by atoms with Crippen LogP contribution >= 0.6 is 0 Å². The van der Waals surface area contributed by atoms with Crippen molar-refractivity contribution in [2.45, 2.75) is 24.9 Å². The Kier molecular flexibility index (Phi) is 5.55. The first-order valence-corrected chi connectivity index (χ1v) is 10.8. The number of carbonyl (C=O) groups is 2. The molecule has 0 bridgehead atoms. The second kappa shape index (κ2) is 7.57. The third-order valence-electron chi connectivity index (χ3n) is 5.42. The number of hydrogen-bond donors (Lipinski definition) is 2. The molecule has 2 fully saturated rings. The summed E-state index contributed by atoms with van der Waals surface area (Å²) in [6, 6.07) is 8.51. The van der Waals surface area contributed by atoms with E-state index < -0.39 is 21.4 Å². The average Bonchev–Trinajstić information content (AvgIpc) is 3.11. The van der Waals surface area contributed by atoms with Crippen molar-refractivity contribution in [1.29, 1.82) is 0 Å². The van der Waals surface area contributed by atoms with Crippen LogP contribution < -0.4 is 10.2 Å². The van der Waals surface area contributed by atoms with Gasteiger partial charge in [-0.3, -0.25) is 4.79 Å². The summed E-state index contributed by atoms with van der Waals surface area (Å²) in [6.07, 6.45) is 0.529. The quantitative estimate of drug-likeness (QED) is 0.584. The number of carbonyl (C=O) groups excluding carboxylic acids is 2. The zero-order valence-corrected chi connectivity index (χ0v) is 16.4. The molecule has 1 aromatic rings. The maximum atomic E-state index is 13.1. The molecular formula is C18H26N3O5S+. The zero-order valence-electron chi connectivity index (χ0n) is 15.6. The molecule has 3 amide bonds. The molecule has 148 valence electrons.